The number of aryl methyl sites for hydroxylation is 1. The molecule has 78 valence electrons. The van der Waals surface area contributed by atoms with Crippen LogP contribution in [0.1, 0.15) is 5.56 Å². The lowest BCUT2D eigenvalue weighted by molar-refractivity contribution is 1.43. The van der Waals surface area contributed by atoms with E-state index in [1.165, 1.54) is 27.6 Å². The molecule has 0 unspecified atom stereocenters. The third-order valence-electron chi connectivity index (χ3n) is 3.00. The molecule has 3 aromatic rings. The first kappa shape index (κ1) is 9.22. The quantitative estimate of drug-likeness (QED) is 0.617. The van der Waals surface area contributed by atoms with E-state index in [0.29, 0.717) is 0 Å². The van der Waals surface area contributed by atoms with Crippen LogP contribution in [0.5, 0.6) is 0 Å². The molecule has 0 fully saturated rings. The number of rotatable bonds is 1. The standard InChI is InChI=1S/C15H13N/c1-11-10-16-15-8-7-13(9-14(11)15)12-5-3-2-4-6-12/h2-10,16H,1H3. The van der Waals surface area contributed by atoms with Crippen molar-refractivity contribution in [3.05, 3.63) is 60.3 Å². The normalized spacial score (nSPS) is 10.8. The number of fused-ring (bicyclic) bond motifs is 1. The van der Waals surface area contributed by atoms with Gasteiger partial charge >= 0.3 is 0 Å². The summed E-state index contributed by atoms with van der Waals surface area (Å²) in [5.74, 6) is 0. The van der Waals surface area contributed by atoms with Crippen LogP contribution in [-0.2, 0) is 0 Å². The minimum absolute atomic E-state index is 1.21. The number of aromatic amines is 1. The van der Waals surface area contributed by atoms with Crippen LogP contribution in [-0.4, -0.2) is 4.98 Å². The summed E-state index contributed by atoms with van der Waals surface area (Å²) in [7, 11) is 0. The zero-order valence-electron chi connectivity index (χ0n) is 9.20. The maximum absolute atomic E-state index is 3.27. The Balaban J connectivity index is 2.22. The Hall–Kier alpha value is -2.02. The Bertz CT molecular complexity index is 620. The highest BCUT2D eigenvalue weighted by Gasteiger charge is 2.02. The van der Waals surface area contributed by atoms with Crippen molar-refractivity contribution < 1.29 is 0 Å². The monoisotopic (exact) mass is 207 g/mol. The van der Waals surface area contributed by atoms with Gasteiger partial charge in [-0.1, -0.05) is 36.4 Å². The third-order valence-corrected chi connectivity index (χ3v) is 3.00. The summed E-state index contributed by atoms with van der Waals surface area (Å²) in [6.45, 7) is 2.13. The summed E-state index contributed by atoms with van der Waals surface area (Å²) >= 11 is 0. The first-order chi connectivity index (χ1) is 7.84. The van der Waals surface area contributed by atoms with Crippen molar-refractivity contribution in [2.75, 3.05) is 0 Å². The molecule has 1 N–H and O–H groups in total. The number of hydrogen-bond acceptors (Lipinski definition) is 0. The summed E-state index contributed by atoms with van der Waals surface area (Å²) < 4.78 is 0. The first-order valence-corrected chi connectivity index (χ1v) is 5.48. The molecule has 16 heavy (non-hydrogen) atoms. The van der Waals surface area contributed by atoms with Gasteiger partial charge < -0.3 is 4.98 Å². The lowest BCUT2D eigenvalue weighted by atomic mass is 10.0. The minimum Gasteiger partial charge on any atom is -0.361 e. The Morgan fingerprint density at radius 1 is 0.875 bits per heavy atom. The van der Waals surface area contributed by atoms with Crippen molar-refractivity contribution in [2.45, 2.75) is 6.92 Å². The number of hydrogen-bond donors (Lipinski definition) is 1. The Labute approximate surface area is 94.7 Å². The fourth-order valence-electron chi connectivity index (χ4n) is 2.07. The van der Waals surface area contributed by atoms with Crippen molar-refractivity contribution in [3.63, 3.8) is 0 Å². The largest absolute Gasteiger partial charge is 0.361 e. The van der Waals surface area contributed by atoms with Crippen LogP contribution in [0.4, 0.5) is 0 Å². The van der Waals surface area contributed by atoms with Gasteiger partial charge in [-0.3, -0.25) is 0 Å². The van der Waals surface area contributed by atoms with E-state index in [-0.39, 0.29) is 0 Å². The van der Waals surface area contributed by atoms with E-state index in [2.05, 4.69) is 60.6 Å². The predicted molar refractivity (Wildman–Crippen MR) is 68.5 cm³/mol. The highest BCUT2D eigenvalue weighted by molar-refractivity contribution is 5.87. The highest BCUT2D eigenvalue weighted by Crippen LogP contribution is 2.25. The first-order valence-electron chi connectivity index (χ1n) is 5.48. The van der Waals surface area contributed by atoms with Gasteiger partial charge in [0.25, 0.3) is 0 Å². The van der Waals surface area contributed by atoms with Crippen LogP contribution in [0.15, 0.2) is 54.7 Å². The van der Waals surface area contributed by atoms with E-state index >= 15 is 0 Å². The molecule has 0 saturated heterocycles. The molecule has 1 heterocycles. The summed E-state index contributed by atoms with van der Waals surface area (Å²) in [6, 6.07) is 17.0. The van der Waals surface area contributed by atoms with Gasteiger partial charge in [0.1, 0.15) is 0 Å². The van der Waals surface area contributed by atoms with E-state index < -0.39 is 0 Å². The van der Waals surface area contributed by atoms with Crippen LogP contribution in [0.2, 0.25) is 0 Å². The van der Waals surface area contributed by atoms with E-state index in [1.54, 1.807) is 0 Å². The van der Waals surface area contributed by atoms with Crippen LogP contribution in [0.3, 0.4) is 0 Å². The fraction of sp³-hybridized carbons (Fsp3) is 0.0667. The molecule has 1 heteroatoms. The smallest absolute Gasteiger partial charge is 0.0457 e. The molecule has 1 aromatic heterocycles. The molecule has 0 radical (unpaired) electrons. The molecular formula is C15H13N. The number of nitrogens with one attached hydrogen (secondary N) is 1. The maximum Gasteiger partial charge on any atom is 0.0457 e. The van der Waals surface area contributed by atoms with Crippen LogP contribution >= 0.6 is 0 Å². The second-order valence-electron chi connectivity index (χ2n) is 4.10. The molecule has 2 aromatic carbocycles. The molecular weight excluding hydrogens is 194 g/mol. The fourth-order valence-corrected chi connectivity index (χ4v) is 2.07. The van der Waals surface area contributed by atoms with Gasteiger partial charge in [-0.25, -0.2) is 0 Å². The van der Waals surface area contributed by atoms with E-state index in [4.69, 9.17) is 0 Å². The Morgan fingerprint density at radius 2 is 1.69 bits per heavy atom. The molecule has 3 rings (SSSR count). The number of benzene rings is 2. The molecule has 0 atom stereocenters. The van der Waals surface area contributed by atoms with Gasteiger partial charge in [-0.2, -0.15) is 0 Å². The zero-order chi connectivity index (χ0) is 11.0. The molecule has 0 saturated carbocycles. The van der Waals surface area contributed by atoms with Crippen molar-refractivity contribution in [3.8, 4) is 11.1 Å². The molecule has 0 aliphatic carbocycles. The zero-order valence-corrected chi connectivity index (χ0v) is 9.20. The Kier molecular flexibility index (Phi) is 2.03. The molecule has 0 spiro atoms. The van der Waals surface area contributed by atoms with Crippen molar-refractivity contribution in [2.24, 2.45) is 0 Å². The average Bonchev–Trinajstić information content (AvgIpc) is 2.72. The van der Waals surface area contributed by atoms with Gasteiger partial charge in [-0.05, 0) is 35.7 Å². The molecule has 0 aliphatic heterocycles. The Morgan fingerprint density at radius 3 is 2.50 bits per heavy atom. The summed E-state index contributed by atoms with van der Waals surface area (Å²) in [5.41, 5.74) is 5.05. The number of aromatic nitrogens is 1. The third kappa shape index (κ3) is 1.41. The van der Waals surface area contributed by atoms with Crippen LogP contribution in [0.25, 0.3) is 22.0 Å². The van der Waals surface area contributed by atoms with Crippen molar-refractivity contribution >= 4 is 10.9 Å². The van der Waals surface area contributed by atoms with Gasteiger partial charge in [-0.15, -0.1) is 0 Å². The lowest BCUT2D eigenvalue weighted by Gasteiger charge is -2.01. The van der Waals surface area contributed by atoms with Crippen molar-refractivity contribution in [1.82, 2.24) is 4.98 Å². The minimum atomic E-state index is 1.21. The van der Waals surface area contributed by atoms with Crippen molar-refractivity contribution in [1.29, 1.82) is 0 Å². The summed E-state index contributed by atoms with van der Waals surface area (Å²) in [6.07, 6.45) is 2.06. The van der Waals surface area contributed by atoms with Gasteiger partial charge in [0.2, 0.25) is 0 Å². The van der Waals surface area contributed by atoms with Gasteiger partial charge in [0.15, 0.2) is 0 Å². The second kappa shape index (κ2) is 3.53. The molecule has 0 aliphatic rings. The highest BCUT2D eigenvalue weighted by atomic mass is 14.7. The lowest BCUT2D eigenvalue weighted by Crippen LogP contribution is -1.77. The average molecular weight is 207 g/mol. The van der Waals surface area contributed by atoms with Crippen LogP contribution in [0, 0.1) is 6.92 Å². The van der Waals surface area contributed by atoms with E-state index in [9.17, 15) is 0 Å². The summed E-state index contributed by atoms with van der Waals surface area (Å²) in [4.78, 5) is 3.27. The molecule has 0 amide bonds. The number of H-pyrrole nitrogens is 1. The topological polar surface area (TPSA) is 15.8 Å². The molecule has 0 bridgehead atoms. The maximum atomic E-state index is 3.27. The van der Waals surface area contributed by atoms with E-state index in [1.807, 2.05) is 6.07 Å². The predicted octanol–water partition coefficient (Wildman–Crippen LogP) is 4.14. The second-order valence-corrected chi connectivity index (χ2v) is 4.10. The van der Waals surface area contributed by atoms with Crippen LogP contribution < -0.4 is 0 Å². The van der Waals surface area contributed by atoms with E-state index in [0.717, 1.165) is 0 Å². The van der Waals surface area contributed by atoms with Gasteiger partial charge in [0.05, 0.1) is 0 Å². The summed E-state index contributed by atoms with van der Waals surface area (Å²) in [5, 5.41) is 1.31. The van der Waals surface area contributed by atoms with Gasteiger partial charge in [0, 0.05) is 17.1 Å². The SMILES string of the molecule is Cc1c[nH]c2ccc(-c3ccccc3)cc12. The molecule has 1 nitrogen and oxygen atoms in total.